The Kier molecular flexibility index (Phi) is 12.5. The third kappa shape index (κ3) is 9.04. The summed E-state index contributed by atoms with van der Waals surface area (Å²) in [6.45, 7) is 4.25. The summed E-state index contributed by atoms with van der Waals surface area (Å²) >= 11 is 0. The van der Waals surface area contributed by atoms with Gasteiger partial charge in [-0.1, -0.05) is 72.8 Å². The standard InChI is InChI=1S/C39H43N5O6/c1-41-39(40)42-23-9-7-16-30-37(46)44-31(38(47)48-2)17-8-10-24-49-32-21-19-26-12-3-5-14-28(26)35(32)36-29-15-6-4-13-27(29)20-22-33(36)50-25-11-18-34(45)43-30/h3-6,8,10,12-15,19-22,30-31H,1,7,9,11,16-18,23-25H2,2H3,(H2,40,42)(H,43,45)(H,44,46)/b10-8+/t30-,31+/m1/s1. The third-order valence-corrected chi connectivity index (χ3v) is 8.53. The lowest BCUT2D eigenvalue weighted by molar-refractivity contribution is -0.145. The van der Waals surface area contributed by atoms with Crippen LogP contribution in [0.2, 0.25) is 0 Å². The van der Waals surface area contributed by atoms with Crippen LogP contribution in [0.15, 0.2) is 89.9 Å². The number of hydrogen-bond donors (Lipinski definition) is 4. The number of guanidine groups is 1. The predicted molar refractivity (Wildman–Crippen MR) is 196 cm³/mol. The van der Waals surface area contributed by atoms with Crippen molar-refractivity contribution in [1.82, 2.24) is 16.0 Å². The monoisotopic (exact) mass is 677 g/mol. The van der Waals surface area contributed by atoms with Crippen molar-refractivity contribution in [2.75, 3.05) is 26.9 Å². The lowest BCUT2D eigenvalue weighted by Crippen LogP contribution is -2.51. The number of nitrogens with one attached hydrogen (secondary N) is 4. The first-order valence-electron chi connectivity index (χ1n) is 16.8. The van der Waals surface area contributed by atoms with Crippen LogP contribution < -0.4 is 25.4 Å². The SMILES string of the molecule is C=NC(=N)NCCCC[C@H]1NC(=O)CCCOc2ccc3ccccc3c2-c2c(ccc3ccccc23)OC/C=C/C[C@@H](C(=O)OC)NC1=O. The number of amides is 2. The van der Waals surface area contributed by atoms with Crippen LogP contribution in [0.5, 0.6) is 11.5 Å². The normalized spacial score (nSPS) is 17.9. The van der Waals surface area contributed by atoms with E-state index in [0.717, 1.165) is 32.7 Å². The fourth-order valence-electron chi connectivity index (χ4n) is 6.01. The van der Waals surface area contributed by atoms with Crippen LogP contribution in [-0.4, -0.2) is 69.4 Å². The minimum Gasteiger partial charge on any atom is -0.493 e. The van der Waals surface area contributed by atoms with E-state index in [9.17, 15) is 14.4 Å². The number of hydrogen-bond acceptors (Lipinski definition) is 7. The number of benzene rings is 4. The predicted octanol–water partition coefficient (Wildman–Crippen LogP) is 5.70. The van der Waals surface area contributed by atoms with Crippen LogP contribution in [0.3, 0.4) is 0 Å². The van der Waals surface area contributed by atoms with Crippen molar-refractivity contribution in [3.05, 3.63) is 84.9 Å². The van der Waals surface area contributed by atoms with Crippen LogP contribution in [-0.2, 0) is 19.1 Å². The molecule has 4 aromatic rings. The molecule has 0 fully saturated rings. The Hall–Kier alpha value is -5.71. The molecule has 11 heteroatoms. The lowest BCUT2D eigenvalue weighted by Gasteiger charge is -2.22. The molecule has 0 unspecified atom stereocenters. The van der Waals surface area contributed by atoms with Crippen LogP contribution in [0.4, 0.5) is 0 Å². The molecule has 2 amide bonds. The molecule has 0 aliphatic carbocycles. The molecule has 0 saturated carbocycles. The molecular formula is C39H43N5O6. The Bertz CT molecular complexity index is 1890. The molecule has 11 nitrogen and oxygen atoms in total. The fraction of sp³-hybridized carbons (Fsp3) is 0.308. The van der Waals surface area contributed by atoms with E-state index in [-0.39, 0.29) is 37.9 Å². The van der Waals surface area contributed by atoms with E-state index in [0.29, 0.717) is 43.7 Å². The van der Waals surface area contributed by atoms with Crippen molar-refractivity contribution in [3.8, 4) is 22.6 Å². The van der Waals surface area contributed by atoms with Gasteiger partial charge in [-0.05, 0) is 72.5 Å². The van der Waals surface area contributed by atoms with E-state index < -0.39 is 24.0 Å². The highest BCUT2D eigenvalue weighted by Gasteiger charge is 2.27. The number of unbranched alkanes of at least 4 members (excludes halogenated alkanes) is 1. The zero-order valence-corrected chi connectivity index (χ0v) is 28.2. The average Bonchev–Trinajstić information content (AvgIpc) is 3.14. The van der Waals surface area contributed by atoms with E-state index in [1.165, 1.54) is 7.11 Å². The van der Waals surface area contributed by atoms with Crippen LogP contribution in [0.1, 0.15) is 38.5 Å². The van der Waals surface area contributed by atoms with E-state index in [2.05, 4.69) is 51.9 Å². The molecule has 0 aromatic heterocycles. The quantitative estimate of drug-likeness (QED) is 0.0673. The van der Waals surface area contributed by atoms with Crippen molar-refractivity contribution in [1.29, 1.82) is 5.41 Å². The largest absolute Gasteiger partial charge is 0.493 e. The van der Waals surface area contributed by atoms with Gasteiger partial charge in [0.05, 0.1) is 13.7 Å². The summed E-state index contributed by atoms with van der Waals surface area (Å²) in [5.74, 6) is -0.0804. The maximum atomic E-state index is 13.5. The fourth-order valence-corrected chi connectivity index (χ4v) is 6.01. The lowest BCUT2D eigenvalue weighted by atomic mass is 9.92. The van der Waals surface area contributed by atoms with Gasteiger partial charge in [0.25, 0.3) is 0 Å². The van der Waals surface area contributed by atoms with Crippen molar-refractivity contribution in [2.24, 2.45) is 4.99 Å². The molecule has 5 rings (SSSR count). The maximum absolute atomic E-state index is 13.5. The van der Waals surface area contributed by atoms with Crippen LogP contribution in [0.25, 0.3) is 32.7 Å². The molecule has 260 valence electrons. The summed E-state index contributed by atoms with van der Waals surface area (Å²) in [4.78, 5) is 42.8. The number of methoxy groups -OCH3 is 1. The summed E-state index contributed by atoms with van der Waals surface area (Å²) in [6.07, 6.45) is 5.79. The average molecular weight is 678 g/mol. The highest BCUT2D eigenvalue weighted by atomic mass is 16.5. The molecule has 0 spiro atoms. The van der Waals surface area contributed by atoms with E-state index in [1.807, 2.05) is 48.5 Å². The van der Waals surface area contributed by atoms with E-state index in [4.69, 9.17) is 19.6 Å². The van der Waals surface area contributed by atoms with Crippen molar-refractivity contribution < 1.29 is 28.6 Å². The van der Waals surface area contributed by atoms with Crippen LogP contribution in [0, 0.1) is 5.41 Å². The second kappa shape index (κ2) is 17.6. The topological polar surface area (TPSA) is 151 Å². The Morgan fingerprint density at radius 2 is 1.58 bits per heavy atom. The zero-order valence-electron chi connectivity index (χ0n) is 28.2. The summed E-state index contributed by atoms with van der Waals surface area (Å²) in [7, 11) is 1.27. The molecular weight excluding hydrogens is 634 g/mol. The van der Waals surface area contributed by atoms with Gasteiger partial charge in [-0.15, -0.1) is 0 Å². The minimum absolute atomic E-state index is 0.0300. The van der Waals surface area contributed by atoms with Crippen molar-refractivity contribution in [2.45, 2.75) is 50.6 Å². The molecule has 50 heavy (non-hydrogen) atoms. The summed E-state index contributed by atoms with van der Waals surface area (Å²) in [5.41, 5.74) is 1.80. The number of aliphatic imine (C=N–C) groups is 1. The molecule has 4 aromatic carbocycles. The molecule has 1 aliphatic rings. The zero-order chi connectivity index (χ0) is 35.3. The number of carbonyl (C=O) groups is 3. The Labute approximate surface area is 291 Å². The Morgan fingerprint density at radius 3 is 2.24 bits per heavy atom. The van der Waals surface area contributed by atoms with Gasteiger partial charge in [0.2, 0.25) is 17.8 Å². The van der Waals surface area contributed by atoms with Gasteiger partial charge in [-0.25, -0.2) is 9.79 Å². The van der Waals surface area contributed by atoms with Crippen molar-refractivity contribution >= 4 is 52.0 Å². The Balaban J connectivity index is 1.46. The molecule has 0 bridgehead atoms. The van der Waals surface area contributed by atoms with Gasteiger partial charge in [-0.3, -0.25) is 15.0 Å². The Morgan fingerprint density at radius 1 is 0.920 bits per heavy atom. The summed E-state index contributed by atoms with van der Waals surface area (Å²) in [6, 6.07) is 22.4. The number of nitrogens with zero attached hydrogens (tertiary/aromatic N) is 1. The van der Waals surface area contributed by atoms with Gasteiger partial charge in [0, 0.05) is 24.1 Å². The number of carbonyl (C=O) groups excluding carboxylic acids is 3. The molecule has 0 saturated heterocycles. The first kappa shape index (κ1) is 35.6. The molecule has 1 aliphatic heterocycles. The maximum Gasteiger partial charge on any atom is 0.328 e. The van der Waals surface area contributed by atoms with Crippen molar-refractivity contribution in [3.63, 3.8) is 0 Å². The smallest absolute Gasteiger partial charge is 0.328 e. The van der Waals surface area contributed by atoms with Gasteiger partial charge in [-0.2, -0.15) is 0 Å². The number of fused-ring (bicyclic) bond motifs is 7. The van der Waals surface area contributed by atoms with Gasteiger partial charge in [0.1, 0.15) is 30.2 Å². The van der Waals surface area contributed by atoms with Gasteiger partial charge < -0.3 is 30.2 Å². The number of esters is 1. The highest BCUT2D eigenvalue weighted by Crippen LogP contribution is 2.45. The first-order valence-corrected chi connectivity index (χ1v) is 16.8. The molecule has 0 radical (unpaired) electrons. The third-order valence-electron chi connectivity index (χ3n) is 8.53. The molecule has 2 atom stereocenters. The highest BCUT2D eigenvalue weighted by molar-refractivity contribution is 6.09. The van der Waals surface area contributed by atoms with Gasteiger partial charge in [0.15, 0.2) is 0 Å². The second-order valence-electron chi connectivity index (χ2n) is 11.9. The second-order valence-corrected chi connectivity index (χ2v) is 11.9. The van der Waals surface area contributed by atoms with E-state index >= 15 is 0 Å². The van der Waals surface area contributed by atoms with Crippen LogP contribution >= 0.6 is 0 Å². The minimum atomic E-state index is -0.964. The number of rotatable bonds is 6. The van der Waals surface area contributed by atoms with Gasteiger partial charge >= 0.3 is 5.97 Å². The molecule has 4 N–H and O–H groups in total. The van der Waals surface area contributed by atoms with E-state index in [1.54, 1.807) is 12.2 Å². The molecule has 1 heterocycles. The number of ether oxygens (including phenoxy) is 3. The summed E-state index contributed by atoms with van der Waals surface area (Å²) < 4.78 is 17.8. The first-order chi connectivity index (χ1) is 24.4. The summed E-state index contributed by atoms with van der Waals surface area (Å²) in [5, 5.41) is 20.1.